The first-order valence-electron chi connectivity index (χ1n) is 33.0. The van der Waals surface area contributed by atoms with Crippen molar-refractivity contribution in [3.8, 4) is 0 Å². The van der Waals surface area contributed by atoms with Gasteiger partial charge in [-0.3, -0.25) is 53.1 Å². The number of carbonyl (C=O) groups excluding carboxylic acids is 10. The number of nitrogens with one attached hydrogen (secondary N) is 6. The Balaban J connectivity index is 1.21. The molecule has 1 aliphatic heterocycles. The highest BCUT2D eigenvalue weighted by Crippen LogP contribution is 2.29. The number of unbranched alkanes of at least 4 members (excludes halogenated alkanes) is 2. The standard InChI is InChI=1S/C68H110N10O14/c1-46(79)53(74-64(88)75-54(63(87)92-68(11,12)13)30-31-57(81)89-65(2,3)4)23-17-19-33-71-62(86)55(41-48-26-27-49-20-14-15-21-51(49)40-48)73-60(84)50-28-24-47(25-29-50)42-72-61(85)52(69)22-16-18-32-70-56(80)43-76-34-36-77(44-58(82)90-66(5,6)7)38-39-78(37-35-76)45-59(83)91-67(8,9)10/h14-15,20-21,26-27,40,47,50,52-55H,16-19,22-25,28-39,41-45,69H2,1-13H3,(H,70,80)(H,71,86)(H,72,85)(H,73,84)(H2,74,75,88)/t47?,50?,52-,53-,54-,55?/m0/s1. The fraction of sp³-hybridized carbons (Fsp3) is 0.706. The monoisotopic (exact) mass is 1290 g/mol. The number of hydrogen-bond donors (Lipinski definition) is 7. The van der Waals surface area contributed by atoms with Gasteiger partial charge in [-0.2, -0.15) is 0 Å². The Morgan fingerprint density at radius 3 is 1.57 bits per heavy atom. The Morgan fingerprint density at radius 2 is 1.02 bits per heavy atom. The molecular weight excluding hydrogens is 1180 g/mol. The van der Waals surface area contributed by atoms with Gasteiger partial charge in [0, 0.05) is 77.7 Å². The summed E-state index contributed by atoms with van der Waals surface area (Å²) in [5.74, 6) is -3.49. The number of nitrogens with two attached hydrogens (primary N) is 1. The minimum Gasteiger partial charge on any atom is -0.460 e. The molecule has 92 heavy (non-hydrogen) atoms. The molecular formula is C68H110N10O14. The number of benzene rings is 2. The molecule has 24 heteroatoms. The van der Waals surface area contributed by atoms with Crippen molar-refractivity contribution in [2.75, 3.05) is 78.5 Å². The van der Waals surface area contributed by atoms with E-state index in [1.807, 2.05) is 98.7 Å². The normalized spacial score (nSPS) is 17.8. The Kier molecular flexibility index (Phi) is 31.4. The third kappa shape index (κ3) is 32.2. The van der Waals surface area contributed by atoms with Crippen molar-refractivity contribution in [2.24, 2.45) is 17.6 Å². The fourth-order valence-electron chi connectivity index (χ4n) is 10.8. The van der Waals surface area contributed by atoms with Crippen LogP contribution >= 0.6 is 0 Å². The van der Waals surface area contributed by atoms with Crippen LogP contribution in [0.5, 0.6) is 0 Å². The van der Waals surface area contributed by atoms with Crippen LogP contribution in [-0.4, -0.2) is 199 Å². The third-order valence-corrected chi connectivity index (χ3v) is 15.4. The summed E-state index contributed by atoms with van der Waals surface area (Å²) in [5, 5.41) is 19.3. The number of fused-ring (bicyclic) bond motifs is 1. The van der Waals surface area contributed by atoms with Gasteiger partial charge in [0.2, 0.25) is 23.6 Å². The van der Waals surface area contributed by atoms with Gasteiger partial charge in [0.05, 0.1) is 31.7 Å². The lowest BCUT2D eigenvalue weighted by atomic mass is 9.81. The lowest BCUT2D eigenvalue weighted by molar-refractivity contribution is -0.159. The van der Waals surface area contributed by atoms with Crippen molar-refractivity contribution in [3.63, 3.8) is 0 Å². The molecule has 2 aliphatic rings. The van der Waals surface area contributed by atoms with E-state index in [1.54, 1.807) is 41.5 Å². The second-order valence-corrected chi connectivity index (χ2v) is 28.6. The molecule has 1 saturated carbocycles. The molecule has 4 rings (SSSR count). The predicted octanol–water partition coefficient (Wildman–Crippen LogP) is 5.38. The van der Waals surface area contributed by atoms with Gasteiger partial charge in [-0.1, -0.05) is 42.5 Å². The predicted molar refractivity (Wildman–Crippen MR) is 352 cm³/mol. The maximum absolute atomic E-state index is 14.0. The van der Waals surface area contributed by atoms with Crippen LogP contribution in [-0.2, 0) is 68.5 Å². The van der Waals surface area contributed by atoms with Gasteiger partial charge in [-0.25, -0.2) is 9.59 Å². The summed E-state index contributed by atoms with van der Waals surface area (Å²) >= 11 is 0. The van der Waals surface area contributed by atoms with Crippen LogP contribution in [0.2, 0.25) is 0 Å². The van der Waals surface area contributed by atoms with Crippen molar-refractivity contribution in [1.29, 1.82) is 0 Å². The van der Waals surface area contributed by atoms with E-state index in [0.29, 0.717) is 110 Å². The Morgan fingerprint density at radius 1 is 0.522 bits per heavy atom. The molecule has 2 aromatic carbocycles. The molecule has 0 radical (unpaired) electrons. The molecule has 2 aromatic rings. The quantitative estimate of drug-likeness (QED) is 0.0283. The second kappa shape index (κ2) is 37.2. The number of rotatable bonds is 31. The third-order valence-electron chi connectivity index (χ3n) is 15.4. The highest BCUT2D eigenvalue weighted by molar-refractivity contribution is 5.90. The molecule has 4 atom stereocenters. The van der Waals surface area contributed by atoms with E-state index < -0.39 is 64.5 Å². The fourth-order valence-corrected chi connectivity index (χ4v) is 10.8. The molecule has 1 saturated heterocycles. The number of ether oxygens (including phenoxy) is 4. The van der Waals surface area contributed by atoms with E-state index in [0.717, 1.165) is 16.3 Å². The van der Waals surface area contributed by atoms with Crippen LogP contribution in [0.15, 0.2) is 42.5 Å². The summed E-state index contributed by atoms with van der Waals surface area (Å²) in [6, 6.07) is 9.31. The lowest BCUT2D eigenvalue weighted by Gasteiger charge is -2.29. The van der Waals surface area contributed by atoms with Crippen molar-refractivity contribution < 1.29 is 66.9 Å². The number of carbonyl (C=O) groups is 10. The number of amides is 6. The zero-order valence-corrected chi connectivity index (χ0v) is 57.3. The van der Waals surface area contributed by atoms with E-state index in [9.17, 15) is 47.9 Å². The highest BCUT2D eigenvalue weighted by Gasteiger charge is 2.33. The minimum atomic E-state index is -1.20. The van der Waals surface area contributed by atoms with E-state index >= 15 is 0 Å². The van der Waals surface area contributed by atoms with Crippen LogP contribution < -0.4 is 37.6 Å². The first-order valence-corrected chi connectivity index (χ1v) is 33.0. The summed E-state index contributed by atoms with van der Waals surface area (Å²) in [5.41, 5.74) is 4.33. The number of hydrogen-bond acceptors (Lipinski definition) is 18. The van der Waals surface area contributed by atoms with E-state index in [4.69, 9.17) is 24.7 Å². The number of nitrogens with zero attached hydrogens (tertiary/aromatic N) is 3. The molecule has 1 unspecified atom stereocenters. The Labute approximate surface area is 545 Å². The van der Waals surface area contributed by atoms with E-state index in [1.165, 1.54) is 6.92 Å². The molecule has 516 valence electrons. The molecule has 24 nitrogen and oxygen atoms in total. The average Bonchev–Trinajstić information content (AvgIpc) is 1.47. The van der Waals surface area contributed by atoms with Crippen LogP contribution in [0.1, 0.15) is 173 Å². The van der Waals surface area contributed by atoms with Gasteiger partial charge in [0.25, 0.3) is 0 Å². The zero-order chi connectivity index (χ0) is 68.4. The van der Waals surface area contributed by atoms with E-state index in [2.05, 4.69) is 31.9 Å². The smallest absolute Gasteiger partial charge is 0.329 e. The number of urea groups is 1. The summed E-state index contributed by atoms with van der Waals surface area (Å²) in [6.45, 7) is 27.0. The lowest BCUT2D eigenvalue weighted by Crippen LogP contribution is -2.52. The topological polar surface area (TPSA) is 316 Å². The maximum Gasteiger partial charge on any atom is 0.329 e. The Bertz CT molecular complexity index is 2720. The number of Topliss-reactive ketones (excluding diaryl/α,β-unsaturated/α-hetero) is 1. The van der Waals surface area contributed by atoms with Gasteiger partial charge in [-0.15, -0.1) is 0 Å². The molecule has 1 heterocycles. The van der Waals surface area contributed by atoms with E-state index in [-0.39, 0.29) is 105 Å². The summed E-state index contributed by atoms with van der Waals surface area (Å²) < 4.78 is 22.0. The molecule has 1 aliphatic carbocycles. The molecule has 2 fully saturated rings. The largest absolute Gasteiger partial charge is 0.460 e. The summed E-state index contributed by atoms with van der Waals surface area (Å²) in [4.78, 5) is 137. The molecule has 8 N–H and O–H groups in total. The average molecular weight is 1290 g/mol. The van der Waals surface area contributed by atoms with Gasteiger partial charge >= 0.3 is 29.9 Å². The van der Waals surface area contributed by atoms with Crippen molar-refractivity contribution >= 4 is 70.1 Å². The summed E-state index contributed by atoms with van der Waals surface area (Å²) in [6.07, 6.45) is 5.29. The van der Waals surface area contributed by atoms with Crippen LogP contribution in [0.4, 0.5) is 4.79 Å². The van der Waals surface area contributed by atoms with Crippen LogP contribution in [0, 0.1) is 11.8 Å². The molecule has 0 bridgehead atoms. The van der Waals surface area contributed by atoms with Crippen LogP contribution in [0.25, 0.3) is 10.8 Å². The molecule has 6 amide bonds. The first-order chi connectivity index (χ1) is 43.0. The minimum absolute atomic E-state index is 0.0825. The number of ketones is 1. The maximum atomic E-state index is 14.0. The van der Waals surface area contributed by atoms with Gasteiger partial charge in [0.15, 0.2) is 5.78 Å². The van der Waals surface area contributed by atoms with Crippen LogP contribution in [0.3, 0.4) is 0 Å². The van der Waals surface area contributed by atoms with Crippen molar-refractivity contribution in [2.45, 2.75) is 220 Å². The highest BCUT2D eigenvalue weighted by atomic mass is 16.6. The first kappa shape index (κ1) is 77.7. The Hall–Kier alpha value is -6.76. The van der Waals surface area contributed by atoms with Crippen molar-refractivity contribution in [3.05, 3.63) is 48.0 Å². The summed E-state index contributed by atoms with van der Waals surface area (Å²) in [7, 11) is 0. The molecule has 0 spiro atoms. The number of esters is 4. The van der Waals surface area contributed by atoms with Gasteiger partial charge < -0.3 is 56.6 Å². The second-order valence-electron chi connectivity index (χ2n) is 28.6. The zero-order valence-electron chi connectivity index (χ0n) is 57.3. The molecule has 0 aromatic heterocycles. The van der Waals surface area contributed by atoms with Crippen molar-refractivity contribution in [1.82, 2.24) is 46.6 Å². The SMILES string of the molecule is CC(=O)[C@H](CCCCNC(=O)C(Cc1ccc2ccccc2c1)NC(=O)C1CCC(CNC(=O)[C@@H](N)CCCCNC(=O)CN2CCN(CC(=O)OC(C)(C)C)CCN(CC(=O)OC(C)(C)C)CC2)CC1)NC(=O)N[C@@H](CCC(=O)OC(C)(C)C)C(=O)OC(C)(C)C. The van der Waals surface area contributed by atoms with Gasteiger partial charge in [-0.05, 0) is 183 Å². The van der Waals surface area contributed by atoms with Gasteiger partial charge in [0.1, 0.15) is 34.5 Å².